The second kappa shape index (κ2) is 19.5. The highest BCUT2D eigenvalue weighted by Crippen LogP contribution is 2.33. The Labute approximate surface area is 244 Å². The van der Waals surface area contributed by atoms with Crippen LogP contribution in [0.4, 0.5) is 0 Å². The Kier molecular flexibility index (Phi) is 15.5. The van der Waals surface area contributed by atoms with Crippen molar-refractivity contribution in [3.05, 3.63) is 65.2 Å². The highest BCUT2D eigenvalue weighted by molar-refractivity contribution is 5.75. The predicted octanol–water partition coefficient (Wildman–Crippen LogP) is 10.5. The number of carbonyl (C=O) groups is 1. The zero-order valence-electron chi connectivity index (χ0n) is 25.2. The van der Waals surface area contributed by atoms with Gasteiger partial charge in [-0.2, -0.15) is 5.26 Å². The number of rotatable bonds is 19. The molecule has 0 N–H and O–H groups in total. The van der Waals surface area contributed by atoms with Gasteiger partial charge in [-0.15, -0.1) is 0 Å². The lowest BCUT2D eigenvalue weighted by atomic mass is 9.79. The summed E-state index contributed by atoms with van der Waals surface area (Å²) in [4.78, 5) is 13.0. The molecule has 40 heavy (non-hydrogen) atoms. The van der Waals surface area contributed by atoms with E-state index in [4.69, 9.17) is 10.00 Å². The molecule has 0 atom stereocenters. The highest BCUT2D eigenvalue weighted by Gasteiger charge is 2.28. The number of carbonyl (C=O) groups excluding carboxylic acids is 1. The van der Waals surface area contributed by atoms with Crippen LogP contribution in [0, 0.1) is 23.2 Å². The number of hydrogen-bond acceptors (Lipinski definition) is 3. The van der Waals surface area contributed by atoms with Crippen molar-refractivity contribution >= 4 is 5.97 Å². The van der Waals surface area contributed by atoms with Gasteiger partial charge >= 0.3 is 5.97 Å². The predicted molar refractivity (Wildman–Crippen MR) is 166 cm³/mol. The molecule has 0 aliphatic heterocycles. The average molecular weight is 544 g/mol. The Hall–Kier alpha value is -2.60. The van der Waals surface area contributed by atoms with Crippen LogP contribution < -0.4 is 4.74 Å². The van der Waals surface area contributed by atoms with Gasteiger partial charge in [-0.25, -0.2) is 0 Å². The number of nitriles is 1. The van der Waals surface area contributed by atoms with Crippen LogP contribution in [0.15, 0.2) is 48.5 Å². The summed E-state index contributed by atoms with van der Waals surface area (Å²) < 4.78 is 5.95. The number of unbranched alkanes of at least 4 members (excludes halogenated alkanes) is 12. The molecule has 0 heterocycles. The second-order valence-corrected chi connectivity index (χ2v) is 12.1. The summed E-state index contributed by atoms with van der Waals surface area (Å²) >= 11 is 0. The normalized spacial score (nSPS) is 16.9. The Morgan fingerprint density at radius 2 is 1.32 bits per heavy atom. The fourth-order valence-corrected chi connectivity index (χ4v) is 6.16. The van der Waals surface area contributed by atoms with Gasteiger partial charge in [-0.05, 0) is 73.8 Å². The van der Waals surface area contributed by atoms with Gasteiger partial charge in [-0.1, -0.05) is 127 Å². The quantitative estimate of drug-likeness (QED) is 0.101. The summed E-state index contributed by atoms with van der Waals surface area (Å²) in [5.74, 6) is 1.48. The standard InChI is InChI=1S/C37H53NO2/c1-2-3-4-5-6-7-8-9-10-11-12-13-14-17-31-25-28-35(29-26-31)37(39)40-36-19-16-15-18-34(36)27-24-32-20-22-33(30-38)23-21-32/h15-16,18-23,31,35H,2-14,17,24-29H2,1H3. The lowest BCUT2D eigenvalue weighted by molar-refractivity contribution is -0.140. The summed E-state index contributed by atoms with van der Waals surface area (Å²) in [5, 5.41) is 9.00. The molecule has 0 saturated heterocycles. The number of esters is 1. The molecule has 1 aliphatic carbocycles. The zero-order chi connectivity index (χ0) is 28.3. The second-order valence-electron chi connectivity index (χ2n) is 12.1. The van der Waals surface area contributed by atoms with Crippen LogP contribution in [0.5, 0.6) is 5.75 Å². The SMILES string of the molecule is CCCCCCCCCCCCCCCC1CCC(C(=O)Oc2ccccc2CCc2ccc(C#N)cc2)CC1. The van der Waals surface area contributed by atoms with Gasteiger partial charge < -0.3 is 4.74 Å². The third kappa shape index (κ3) is 12.3. The molecule has 3 nitrogen and oxygen atoms in total. The highest BCUT2D eigenvalue weighted by atomic mass is 16.5. The topological polar surface area (TPSA) is 50.1 Å². The van der Waals surface area contributed by atoms with Gasteiger partial charge in [-0.3, -0.25) is 4.79 Å². The summed E-state index contributed by atoms with van der Waals surface area (Å²) in [7, 11) is 0. The molecular formula is C37H53NO2. The van der Waals surface area contributed by atoms with Gasteiger partial charge in [0.05, 0.1) is 17.6 Å². The van der Waals surface area contributed by atoms with E-state index < -0.39 is 0 Å². The van der Waals surface area contributed by atoms with Crippen molar-refractivity contribution in [2.24, 2.45) is 11.8 Å². The van der Waals surface area contributed by atoms with Crippen molar-refractivity contribution in [3.63, 3.8) is 0 Å². The first kappa shape index (κ1) is 31.9. The number of para-hydroxylation sites is 1. The van der Waals surface area contributed by atoms with E-state index in [0.29, 0.717) is 11.3 Å². The van der Waals surface area contributed by atoms with E-state index in [2.05, 4.69) is 19.1 Å². The molecule has 1 saturated carbocycles. The molecule has 1 fully saturated rings. The fraction of sp³-hybridized carbons (Fsp3) is 0.622. The number of hydrogen-bond donors (Lipinski definition) is 0. The van der Waals surface area contributed by atoms with Crippen LogP contribution in [0.2, 0.25) is 0 Å². The first-order valence-corrected chi connectivity index (χ1v) is 16.5. The molecule has 0 spiro atoms. The Morgan fingerprint density at radius 1 is 0.750 bits per heavy atom. The minimum absolute atomic E-state index is 0.0366. The van der Waals surface area contributed by atoms with Gasteiger partial charge in [0, 0.05) is 0 Å². The maximum absolute atomic E-state index is 13.0. The molecule has 3 rings (SSSR count). The maximum atomic E-state index is 13.0. The van der Waals surface area contributed by atoms with Crippen molar-refractivity contribution in [3.8, 4) is 11.8 Å². The van der Waals surface area contributed by atoms with Crippen LogP contribution in [0.3, 0.4) is 0 Å². The van der Waals surface area contributed by atoms with E-state index in [9.17, 15) is 4.79 Å². The Balaban J connectivity index is 1.25. The molecule has 2 aromatic rings. The molecule has 0 amide bonds. The van der Waals surface area contributed by atoms with E-state index in [1.807, 2.05) is 42.5 Å². The molecule has 0 bridgehead atoms. The van der Waals surface area contributed by atoms with Gasteiger partial charge in [0.15, 0.2) is 0 Å². The summed E-state index contributed by atoms with van der Waals surface area (Å²) in [6, 6.07) is 17.8. The van der Waals surface area contributed by atoms with E-state index >= 15 is 0 Å². The molecular weight excluding hydrogens is 490 g/mol. The van der Waals surface area contributed by atoms with Crippen LogP contribution in [0.1, 0.15) is 139 Å². The summed E-state index contributed by atoms with van der Waals surface area (Å²) in [6.45, 7) is 2.29. The fourth-order valence-electron chi connectivity index (χ4n) is 6.16. The van der Waals surface area contributed by atoms with Crippen molar-refractivity contribution in [1.82, 2.24) is 0 Å². The van der Waals surface area contributed by atoms with Crippen LogP contribution in [-0.2, 0) is 17.6 Å². The van der Waals surface area contributed by atoms with Crippen LogP contribution >= 0.6 is 0 Å². The van der Waals surface area contributed by atoms with E-state index in [1.165, 1.54) is 108 Å². The Bertz CT molecular complexity index is 998. The van der Waals surface area contributed by atoms with Crippen LogP contribution in [-0.4, -0.2) is 5.97 Å². The monoisotopic (exact) mass is 543 g/mol. The number of aryl methyl sites for hydroxylation is 2. The van der Waals surface area contributed by atoms with Crippen molar-refractivity contribution in [1.29, 1.82) is 5.26 Å². The largest absolute Gasteiger partial charge is 0.426 e. The number of ether oxygens (including phenoxy) is 1. The number of benzene rings is 2. The molecule has 0 radical (unpaired) electrons. The molecule has 1 aliphatic rings. The van der Waals surface area contributed by atoms with Crippen molar-refractivity contribution in [2.75, 3.05) is 0 Å². The smallest absolute Gasteiger partial charge is 0.314 e. The Morgan fingerprint density at radius 3 is 1.93 bits per heavy atom. The molecule has 0 aromatic heterocycles. The minimum Gasteiger partial charge on any atom is -0.426 e. The molecule has 218 valence electrons. The van der Waals surface area contributed by atoms with Crippen LogP contribution in [0.25, 0.3) is 0 Å². The first-order chi connectivity index (χ1) is 19.7. The van der Waals surface area contributed by atoms with Crippen molar-refractivity contribution < 1.29 is 9.53 Å². The lowest BCUT2D eigenvalue weighted by Crippen LogP contribution is -2.26. The lowest BCUT2D eigenvalue weighted by Gasteiger charge is -2.27. The molecule has 0 unspecified atom stereocenters. The summed E-state index contributed by atoms with van der Waals surface area (Å²) in [6.07, 6.45) is 25.5. The third-order valence-electron chi connectivity index (χ3n) is 8.85. The zero-order valence-corrected chi connectivity index (χ0v) is 25.2. The van der Waals surface area contributed by atoms with Crippen molar-refractivity contribution in [2.45, 2.75) is 135 Å². The molecule has 2 aromatic carbocycles. The summed E-state index contributed by atoms with van der Waals surface area (Å²) in [5.41, 5.74) is 2.93. The van der Waals surface area contributed by atoms with E-state index in [1.54, 1.807) is 0 Å². The third-order valence-corrected chi connectivity index (χ3v) is 8.85. The maximum Gasteiger partial charge on any atom is 0.314 e. The average Bonchev–Trinajstić information content (AvgIpc) is 2.99. The molecule has 3 heteroatoms. The van der Waals surface area contributed by atoms with E-state index in [-0.39, 0.29) is 11.9 Å². The van der Waals surface area contributed by atoms with Gasteiger partial charge in [0.25, 0.3) is 0 Å². The first-order valence-electron chi connectivity index (χ1n) is 16.5. The van der Waals surface area contributed by atoms with Gasteiger partial charge in [0.2, 0.25) is 0 Å². The van der Waals surface area contributed by atoms with E-state index in [0.717, 1.165) is 37.2 Å². The van der Waals surface area contributed by atoms with Gasteiger partial charge in [0.1, 0.15) is 5.75 Å². The number of nitrogens with zero attached hydrogens (tertiary/aromatic N) is 1. The minimum atomic E-state index is -0.0507.